The first-order chi connectivity index (χ1) is 16.9. The van der Waals surface area contributed by atoms with Crippen molar-refractivity contribution in [1.82, 2.24) is 19.8 Å². The van der Waals surface area contributed by atoms with Crippen LogP contribution in [0.1, 0.15) is 81.5 Å². The largest absolute Gasteiger partial charge is 0.331 e. The molecule has 0 radical (unpaired) electrons. The van der Waals surface area contributed by atoms with Gasteiger partial charge in [0.2, 0.25) is 0 Å². The van der Waals surface area contributed by atoms with Crippen molar-refractivity contribution in [2.24, 2.45) is 11.8 Å². The van der Waals surface area contributed by atoms with Crippen LogP contribution in [0.15, 0.2) is 48.5 Å². The van der Waals surface area contributed by atoms with Crippen molar-refractivity contribution in [2.45, 2.75) is 85.5 Å². The van der Waals surface area contributed by atoms with E-state index in [2.05, 4.69) is 67.9 Å². The van der Waals surface area contributed by atoms with Crippen LogP contribution in [0, 0.1) is 11.8 Å². The van der Waals surface area contributed by atoms with E-state index in [0.717, 1.165) is 60.9 Å². The standard InChI is InChI=1S/C30H42N4O/c1-5-9-23(4)31-19-25-10-8-11-26(18-25)30(35)33(17-16-22(2)3)21-29-32-27-12-6-7-13-28(27)34(29)20-24-14-15-24/h6-8,10-13,18,22-24,31H,5,9,14-17,19-21H2,1-4H3. The first-order valence-corrected chi connectivity index (χ1v) is 13.5. The molecular formula is C30H42N4O. The van der Waals surface area contributed by atoms with E-state index in [1.807, 2.05) is 23.1 Å². The van der Waals surface area contributed by atoms with Crippen molar-refractivity contribution in [3.63, 3.8) is 0 Å². The Hall–Kier alpha value is -2.66. The zero-order valence-corrected chi connectivity index (χ0v) is 22.0. The number of nitrogens with zero attached hydrogens (tertiary/aromatic N) is 3. The summed E-state index contributed by atoms with van der Waals surface area (Å²) in [6, 6.07) is 17.0. The molecule has 1 aliphatic carbocycles. The second-order valence-corrected chi connectivity index (χ2v) is 10.8. The molecular weight excluding hydrogens is 432 g/mol. The van der Waals surface area contributed by atoms with Gasteiger partial charge in [0, 0.05) is 31.2 Å². The Morgan fingerprint density at radius 3 is 2.66 bits per heavy atom. The molecule has 1 amide bonds. The number of carbonyl (C=O) groups excluding carboxylic acids is 1. The summed E-state index contributed by atoms with van der Waals surface area (Å²) in [4.78, 5) is 20.8. The molecule has 1 heterocycles. The number of rotatable bonds is 13. The quantitative estimate of drug-likeness (QED) is 0.311. The van der Waals surface area contributed by atoms with Crippen molar-refractivity contribution in [2.75, 3.05) is 6.54 Å². The smallest absolute Gasteiger partial charge is 0.254 e. The number of benzene rings is 2. The number of amides is 1. The molecule has 1 aliphatic rings. The highest BCUT2D eigenvalue weighted by atomic mass is 16.2. The second-order valence-electron chi connectivity index (χ2n) is 10.8. The van der Waals surface area contributed by atoms with E-state index in [-0.39, 0.29) is 5.91 Å². The number of nitrogens with one attached hydrogen (secondary N) is 1. The van der Waals surface area contributed by atoms with E-state index in [4.69, 9.17) is 4.98 Å². The van der Waals surface area contributed by atoms with E-state index < -0.39 is 0 Å². The average molecular weight is 475 g/mol. The third kappa shape index (κ3) is 6.94. The molecule has 0 bridgehead atoms. The first kappa shape index (κ1) is 25.4. The van der Waals surface area contributed by atoms with Crippen molar-refractivity contribution in [3.05, 3.63) is 65.5 Å². The highest BCUT2D eigenvalue weighted by Crippen LogP contribution is 2.32. The molecule has 1 fully saturated rings. The van der Waals surface area contributed by atoms with E-state index in [1.54, 1.807) is 0 Å². The van der Waals surface area contributed by atoms with Gasteiger partial charge >= 0.3 is 0 Å². The van der Waals surface area contributed by atoms with E-state index >= 15 is 0 Å². The molecule has 1 unspecified atom stereocenters. The summed E-state index contributed by atoms with van der Waals surface area (Å²) < 4.78 is 2.36. The lowest BCUT2D eigenvalue weighted by molar-refractivity contribution is 0.0729. The second kappa shape index (κ2) is 11.9. The fraction of sp³-hybridized carbons (Fsp3) is 0.533. The monoisotopic (exact) mass is 474 g/mol. The lowest BCUT2D eigenvalue weighted by Gasteiger charge is -2.24. The van der Waals surface area contributed by atoms with Crippen LogP contribution in [0.3, 0.4) is 0 Å². The van der Waals surface area contributed by atoms with Gasteiger partial charge in [-0.3, -0.25) is 4.79 Å². The minimum atomic E-state index is 0.0964. The predicted molar refractivity (Wildman–Crippen MR) is 144 cm³/mol. The molecule has 5 heteroatoms. The number of carbonyl (C=O) groups is 1. The SMILES string of the molecule is CCCC(C)NCc1cccc(C(=O)N(CCC(C)C)Cc2nc3ccccc3n2CC2CC2)c1. The number of hydrogen-bond acceptors (Lipinski definition) is 3. The number of aromatic nitrogens is 2. The number of imidazole rings is 1. The van der Waals surface area contributed by atoms with Gasteiger partial charge in [-0.15, -0.1) is 0 Å². The van der Waals surface area contributed by atoms with Crippen LogP contribution in [0.2, 0.25) is 0 Å². The molecule has 1 atom stereocenters. The Kier molecular flexibility index (Phi) is 8.61. The van der Waals surface area contributed by atoms with Gasteiger partial charge in [0.15, 0.2) is 0 Å². The van der Waals surface area contributed by atoms with Crippen LogP contribution < -0.4 is 5.32 Å². The Labute approximate surface area is 210 Å². The molecule has 35 heavy (non-hydrogen) atoms. The Morgan fingerprint density at radius 1 is 1.11 bits per heavy atom. The van der Waals surface area contributed by atoms with Crippen molar-refractivity contribution in [3.8, 4) is 0 Å². The third-order valence-electron chi connectivity index (χ3n) is 7.02. The molecule has 4 rings (SSSR count). The zero-order chi connectivity index (χ0) is 24.8. The molecule has 188 valence electrons. The maximum absolute atomic E-state index is 13.8. The topological polar surface area (TPSA) is 50.2 Å². The van der Waals surface area contributed by atoms with E-state index in [9.17, 15) is 4.79 Å². The first-order valence-electron chi connectivity index (χ1n) is 13.5. The highest BCUT2D eigenvalue weighted by Gasteiger charge is 2.26. The normalized spacial score (nSPS) is 14.5. The van der Waals surface area contributed by atoms with Crippen molar-refractivity contribution < 1.29 is 4.79 Å². The van der Waals surface area contributed by atoms with Crippen LogP contribution in [-0.4, -0.2) is 32.9 Å². The molecule has 3 aromatic rings. The van der Waals surface area contributed by atoms with Gasteiger partial charge in [0.05, 0.1) is 17.6 Å². The van der Waals surface area contributed by atoms with Gasteiger partial charge in [-0.25, -0.2) is 4.98 Å². The lowest BCUT2D eigenvalue weighted by Crippen LogP contribution is -2.33. The zero-order valence-electron chi connectivity index (χ0n) is 22.0. The summed E-state index contributed by atoms with van der Waals surface area (Å²) in [7, 11) is 0. The number of para-hydroxylation sites is 2. The summed E-state index contributed by atoms with van der Waals surface area (Å²) in [5.41, 5.74) is 4.12. The van der Waals surface area contributed by atoms with Crippen molar-refractivity contribution >= 4 is 16.9 Å². The lowest BCUT2D eigenvalue weighted by atomic mass is 10.1. The van der Waals surface area contributed by atoms with Gasteiger partial charge in [-0.1, -0.05) is 51.5 Å². The summed E-state index contributed by atoms with van der Waals surface area (Å²) in [6.07, 6.45) is 5.89. The summed E-state index contributed by atoms with van der Waals surface area (Å²) in [5.74, 6) is 2.37. The summed E-state index contributed by atoms with van der Waals surface area (Å²) in [6.45, 7) is 11.9. The molecule has 0 aliphatic heterocycles. The Bertz CT molecular complexity index is 1110. The van der Waals surface area contributed by atoms with Crippen LogP contribution in [0.25, 0.3) is 11.0 Å². The summed E-state index contributed by atoms with van der Waals surface area (Å²) in [5, 5.41) is 3.58. The molecule has 0 saturated heterocycles. The van der Waals surface area contributed by atoms with Gasteiger partial charge in [0.25, 0.3) is 5.91 Å². The Morgan fingerprint density at radius 2 is 1.91 bits per heavy atom. The molecule has 1 saturated carbocycles. The molecule has 5 nitrogen and oxygen atoms in total. The third-order valence-corrected chi connectivity index (χ3v) is 7.02. The average Bonchev–Trinajstić information content (AvgIpc) is 3.61. The molecule has 2 aromatic carbocycles. The molecule has 1 N–H and O–H groups in total. The van der Waals surface area contributed by atoms with Crippen LogP contribution in [0.4, 0.5) is 0 Å². The van der Waals surface area contributed by atoms with Gasteiger partial charge in [-0.05, 0) is 74.3 Å². The molecule has 1 aromatic heterocycles. The van der Waals surface area contributed by atoms with Gasteiger partial charge in [0.1, 0.15) is 5.82 Å². The van der Waals surface area contributed by atoms with Crippen LogP contribution >= 0.6 is 0 Å². The van der Waals surface area contributed by atoms with Gasteiger partial charge in [-0.2, -0.15) is 0 Å². The van der Waals surface area contributed by atoms with Crippen molar-refractivity contribution in [1.29, 1.82) is 0 Å². The fourth-order valence-corrected chi connectivity index (χ4v) is 4.67. The fourth-order valence-electron chi connectivity index (χ4n) is 4.67. The Balaban J connectivity index is 1.56. The van der Waals surface area contributed by atoms with E-state index in [1.165, 1.54) is 24.8 Å². The minimum absolute atomic E-state index is 0.0964. The van der Waals surface area contributed by atoms with Crippen LogP contribution in [-0.2, 0) is 19.6 Å². The minimum Gasteiger partial charge on any atom is -0.331 e. The summed E-state index contributed by atoms with van der Waals surface area (Å²) >= 11 is 0. The highest BCUT2D eigenvalue weighted by molar-refractivity contribution is 5.94. The predicted octanol–water partition coefficient (Wildman–Crippen LogP) is 6.41. The van der Waals surface area contributed by atoms with Crippen LogP contribution in [0.5, 0.6) is 0 Å². The maximum Gasteiger partial charge on any atom is 0.254 e. The maximum atomic E-state index is 13.8. The van der Waals surface area contributed by atoms with Gasteiger partial charge < -0.3 is 14.8 Å². The van der Waals surface area contributed by atoms with E-state index in [0.29, 0.717) is 18.5 Å². The molecule has 0 spiro atoms. The number of fused-ring (bicyclic) bond motifs is 1. The number of hydrogen-bond donors (Lipinski definition) is 1.